The average molecular weight is 239 g/mol. The highest BCUT2D eigenvalue weighted by Crippen LogP contribution is 2.33. The molecule has 18 heavy (non-hydrogen) atoms. The van der Waals surface area contributed by atoms with Gasteiger partial charge in [-0.1, -0.05) is 12.1 Å². The SMILES string of the molecule is Cc1ncc(N)c(-c2cccc3occ(C)c23)n1. The van der Waals surface area contributed by atoms with E-state index in [4.69, 9.17) is 10.2 Å². The van der Waals surface area contributed by atoms with Gasteiger partial charge in [-0.3, -0.25) is 0 Å². The van der Waals surface area contributed by atoms with Crippen LogP contribution in [-0.2, 0) is 0 Å². The lowest BCUT2D eigenvalue weighted by Crippen LogP contribution is -1.98. The van der Waals surface area contributed by atoms with Gasteiger partial charge in [0.2, 0.25) is 0 Å². The van der Waals surface area contributed by atoms with Crippen LogP contribution in [0, 0.1) is 13.8 Å². The van der Waals surface area contributed by atoms with E-state index in [1.165, 1.54) is 0 Å². The molecule has 4 heteroatoms. The second-order valence-electron chi connectivity index (χ2n) is 4.32. The van der Waals surface area contributed by atoms with Crippen molar-refractivity contribution in [1.82, 2.24) is 9.97 Å². The molecule has 2 N–H and O–H groups in total. The molecule has 4 nitrogen and oxygen atoms in total. The number of hydrogen-bond donors (Lipinski definition) is 1. The van der Waals surface area contributed by atoms with Gasteiger partial charge in [0.15, 0.2) is 0 Å². The van der Waals surface area contributed by atoms with Gasteiger partial charge in [0.1, 0.15) is 11.4 Å². The van der Waals surface area contributed by atoms with Gasteiger partial charge in [0, 0.05) is 10.9 Å². The van der Waals surface area contributed by atoms with Crippen LogP contribution in [0.15, 0.2) is 35.1 Å². The van der Waals surface area contributed by atoms with Gasteiger partial charge in [0.05, 0.1) is 23.8 Å². The van der Waals surface area contributed by atoms with Crippen LogP contribution in [0.5, 0.6) is 0 Å². The van der Waals surface area contributed by atoms with E-state index in [0.29, 0.717) is 11.5 Å². The first-order valence-electron chi connectivity index (χ1n) is 5.73. The van der Waals surface area contributed by atoms with E-state index in [1.54, 1.807) is 12.5 Å². The van der Waals surface area contributed by atoms with Crippen molar-refractivity contribution in [2.24, 2.45) is 0 Å². The molecule has 0 spiro atoms. The Kier molecular flexibility index (Phi) is 2.30. The summed E-state index contributed by atoms with van der Waals surface area (Å²) >= 11 is 0. The fourth-order valence-electron chi connectivity index (χ4n) is 2.14. The van der Waals surface area contributed by atoms with Crippen molar-refractivity contribution in [3.63, 3.8) is 0 Å². The number of rotatable bonds is 1. The number of nitrogen functional groups attached to an aromatic ring is 1. The van der Waals surface area contributed by atoms with Gasteiger partial charge in [-0.25, -0.2) is 9.97 Å². The lowest BCUT2D eigenvalue weighted by atomic mass is 10.0. The molecule has 3 aromatic rings. The standard InChI is InChI=1S/C14H13N3O/c1-8-7-18-12-5-3-4-10(13(8)12)14-11(15)6-16-9(2)17-14/h3-7H,15H2,1-2H3. The van der Waals surface area contributed by atoms with Crippen LogP contribution in [0.25, 0.3) is 22.2 Å². The second kappa shape index (κ2) is 3.84. The summed E-state index contributed by atoms with van der Waals surface area (Å²) in [5.41, 5.74) is 10.2. The van der Waals surface area contributed by atoms with Crippen LogP contribution in [0.4, 0.5) is 5.69 Å². The molecule has 0 radical (unpaired) electrons. The zero-order valence-corrected chi connectivity index (χ0v) is 10.3. The zero-order chi connectivity index (χ0) is 12.7. The third-order valence-corrected chi connectivity index (χ3v) is 2.98. The van der Waals surface area contributed by atoms with Gasteiger partial charge < -0.3 is 10.2 Å². The molecule has 0 aliphatic rings. The molecular weight excluding hydrogens is 226 g/mol. The van der Waals surface area contributed by atoms with Gasteiger partial charge in [-0.15, -0.1) is 0 Å². The van der Waals surface area contributed by atoms with Crippen molar-refractivity contribution in [1.29, 1.82) is 0 Å². The summed E-state index contributed by atoms with van der Waals surface area (Å²) in [6, 6.07) is 5.89. The van der Waals surface area contributed by atoms with E-state index in [2.05, 4.69) is 9.97 Å². The van der Waals surface area contributed by atoms with E-state index in [1.807, 2.05) is 32.0 Å². The lowest BCUT2D eigenvalue weighted by molar-refractivity contribution is 0.613. The highest BCUT2D eigenvalue weighted by Gasteiger charge is 2.13. The quantitative estimate of drug-likeness (QED) is 0.708. The van der Waals surface area contributed by atoms with Crippen LogP contribution >= 0.6 is 0 Å². The van der Waals surface area contributed by atoms with Gasteiger partial charge in [-0.2, -0.15) is 0 Å². The van der Waals surface area contributed by atoms with Gasteiger partial charge in [-0.05, 0) is 25.5 Å². The molecule has 0 atom stereocenters. The molecule has 0 bridgehead atoms. The second-order valence-corrected chi connectivity index (χ2v) is 4.32. The number of nitrogens with zero attached hydrogens (tertiary/aromatic N) is 2. The Balaban J connectivity index is 2.38. The summed E-state index contributed by atoms with van der Waals surface area (Å²) in [5, 5.41) is 1.06. The van der Waals surface area contributed by atoms with Crippen molar-refractivity contribution in [3.05, 3.63) is 42.0 Å². The molecule has 0 unspecified atom stereocenters. The highest BCUT2D eigenvalue weighted by atomic mass is 16.3. The average Bonchev–Trinajstić information content (AvgIpc) is 2.75. The van der Waals surface area contributed by atoms with E-state index < -0.39 is 0 Å². The summed E-state index contributed by atoms with van der Waals surface area (Å²) in [4.78, 5) is 8.53. The van der Waals surface area contributed by atoms with E-state index in [0.717, 1.165) is 27.8 Å². The fraction of sp³-hybridized carbons (Fsp3) is 0.143. The smallest absolute Gasteiger partial charge is 0.134 e. The predicted octanol–water partition coefficient (Wildman–Crippen LogP) is 3.09. The third-order valence-electron chi connectivity index (χ3n) is 2.98. The number of nitrogens with two attached hydrogens (primary N) is 1. The number of anilines is 1. The molecule has 0 saturated carbocycles. The first-order chi connectivity index (χ1) is 8.66. The summed E-state index contributed by atoms with van der Waals surface area (Å²) in [7, 11) is 0. The van der Waals surface area contributed by atoms with E-state index >= 15 is 0 Å². The Bertz CT molecular complexity index is 731. The van der Waals surface area contributed by atoms with Gasteiger partial charge >= 0.3 is 0 Å². The molecule has 0 aliphatic heterocycles. The molecule has 0 amide bonds. The Hall–Kier alpha value is -2.36. The minimum absolute atomic E-state index is 0.577. The zero-order valence-electron chi connectivity index (χ0n) is 10.3. The number of furan rings is 1. The monoisotopic (exact) mass is 239 g/mol. The van der Waals surface area contributed by atoms with E-state index in [9.17, 15) is 0 Å². The number of hydrogen-bond acceptors (Lipinski definition) is 4. The van der Waals surface area contributed by atoms with E-state index in [-0.39, 0.29) is 0 Å². The first kappa shape index (κ1) is 10.8. The Labute approximate surface area is 104 Å². The Morgan fingerprint density at radius 1 is 1.22 bits per heavy atom. The third kappa shape index (κ3) is 1.54. The molecule has 2 aromatic heterocycles. The Morgan fingerprint density at radius 2 is 2.06 bits per heavy atom. The van der Waals surface area contributed by atoms with Gasteiger partial charge in [0.25, 0.3) is 0 Å². The molecular formula is C14H13N3O. The minimum Gasteiger partial charge on any atom is -0.464 e. The number of aromatic nitrogens is 2. The minimum atomic E-state index is 0.577. The maximum atomic E-state index is 5.98. The molecule has 2 heterocycles. The van der Waals surface area contributed by atoms with Crippen LogP contribution < -0.4 is 5.73 Å². The summed E-state index contributed by atoms with van der Waals surface area (Å²) < 4.78 is 5.50. The topological polar surface area (TPSA) is 64.9 Å². The maximum absolute atomic E-state index is 5.98. The lowest BCUT2D eigenvalue weighted by Gasteiger charge is -2.07. The van der Waals surface area contributed by atoms with Crippen molar-refractivity contribution >= 4 is 16.7 Å². The van der Waals surface area contributed by atoms with Crippen molar-refractivity contribution in [2.45, 2.75) is 13.8 Å². The molecule has 0 aliphatic carbocycles. The molecule has 0 saturated heterocycles. The summed E-state index contributed by atoms with van der Waals surface area (Å²) in [5.74, 6) is 0.706. The Morgan fingerprint density at radius 3 is 2.89 bits per heavy atom. The van der Waals surface area contributed by atoms with Crippen LogP contribution in [-0.4, -0.2) is 9.97 Å². The first-order valence-corrected chi connectivity index (χ1v) is 5.73. The van der Waals surface area contributed by atoms with Crippen molar-refractivity contribution in [2.75, 3.05) is 5.73 Å². The number of benzene rings is 1. The maximum Gasteiger partial charge on any atom is 0.134 e. The highest BCUT2D eigenvalue weighted by molar-refractivity contribution is 5.97. The van der Waals surface area contributed by atoms with Crippen molar-refractivity contribution in [3.8, 4) is 11.3 Å². The normalized spacial score (nSPS) is 11.0. The van der Waals surface area contributed by atoms with Crippen LogP contribution in [0.3, 0.4) is 0 Å². The van der Waals surface area contributed by atoms with Crippen molar-refractivity contribution < 1.29 is 4.42 Å². The fourth-order valence-corrected chi connectivity index (χ4v) is 2.14. The van der Waals surface area contributed by atoms with Crippen LogP contribution in [0.2, 0.25) is 0 Å². The molecule has 90 valence electrons. The molecule has 0 fully saturated rings. The number of fused-ring (bicyclic) bond motifs is 1. The number of aryl methyl sites for hydroxylation is 2. The molecule has 3 rings (SSSR count). The predicted molar refractivity (Wildman–Crippen MR) is 71.1 cm³/mol. The summed E-state index contributed by atoms with van der Waals surface area (Å²) in [6.07, 6.45) is 3.39. The van der Waals surface area contributed by atoms with Crippen LogP contribution in [0.1, 0.15) is 11.4 Å². The summed E-state index contributed by atoms with van der Waals surface area (Å²) in [6.45, 7) is 3.87. The molecule has 1 aromatic carbocycles. The largest absolute Gasteiger partial charge is 0.464 e.